The lowest BCUT2D eigenvalue weighted by Gasteiger charge is -2.28. The van der Waals surface area contributed by atoms with Crippen LogP contribution >= 0.6 is 0 Å². The Hall–Kier alpha value is -0.650. The molecule has 2 heterocycles. The molecule has 0 bridgehead atoms. The minimum atomic E-state index is 0.181. The second-order valence-electron chi connectivity index (χ2n) is 5.09. The van der Waals surface area contributed by atoms with Crippen LogP contribution in [0.2, 0.25) is 0 Å². The number of hydrogen-bond donors (Lipinski definition) is 1. The maximum Gasteiger partial charge on any atom is 0.224 e. The Balaban J connectivity index is 1.76. The molecule has 5 nitrogen and oxygen atoms in total. The summed E-state index contributed by atoms with van der Waals surface area (Å²) in [5, 5.41) is 3.33. The zero-order valence-electron chi connectivity index (χ0n) is 11.2. The van der Waals surface area contributed by atoms with Crippen LogP contribution in [0.5, 0.6) is 0 Å². The van der Waals surface area contributed by atoms with Crippen LogP contribution in [-0.4, -0.2) is 62.9 Å². The van der Waals surface area contributed by atoms with E-state index in [9.17, 15) is 4.79 Å². The van der Waals surface area contributed by atoms with E-state index in [0.29, 0.717) is 18.9 Å². The Morgan fingerprint density at radius 1 is 1.33 bits per heavy atom. The Bertz CT molecular complexity index is 261. The minimum Gasteiger partial charge on any atom is -0.381 e. The lowest BCUT2D eigenvalue weighted by Crippen LogP contribution is -2.45. The van der Waals surface area contributed by atoms with Crippen LogP contribution in [0.15, 0.2) is 0 Å². The Morgan fingerprint density at radius 3 is 2.78 bits per heavy atom. The highest BCUT2D eigenvalue weighted by atomic mass is 16.5. The summed E-state index contributed by atoms with van der Waals surface area (Å²) in [5.74, 6) is 0.747. The number of carbonyl (C=O) groups is 1. The molecule has 104 valence electrons. The van der Waals surface area contributed by atoms with Crippen LogP contribution in [0.25, 0.3) is 0 Å². The summed E-state index contributed by atoms with van der Waals surface area (Å²) in [5.41, 5.74) is 0. The van der Waals surface area contributed by atoms with Crippen molar-refractivity contribution in [3.05, 3.63) is 0 Å². The molecular formula is C13H24N2O3. The van der Waals surface area contributed by atoms with Crippen LogP contribution < -0.4 is 5.32 Å². The summed E-state index contributed by atoms with van der Waals surface area (Å²) in [6.07, 6.45) is 1.62. The number of amides is 1. The first kappa shape index (κ1) is 13.8. The van der Waals surface area contributed by atoms with Crippen molar-refractivity contribution in [1.82, 2.24) is 10.2 Å². The number of carbonyl (C=O) groups excluding carboxylic acids is 1. The van der Waals surface area contributed by atoms with E-state index in [1.807, 2.05) is 11.8 Å². The average molecular weight is 256 g/mol. The predicted octanol–water partition coefficient (Wildman–Crippen LogP) is 0.250. The third-order valence-electron chi connectivity index (χ3n) is 3.66. The molecule has 0 aromatic carbocycles. The first-order valence-electron chi connectivity index (χ1n) is 6.96. The van der Waals surface area contributed by atoms with Gasteiger partial charge in [0.05, 0.1) is 19.8 Å². The molecule has 5 heteroatoms. The Labute approximate surface area is 109 Å². The number of morpholine rings is 1. The van der Waals surface area contributed by atoms with Crippen molar-refractivity contribution in [1.29, 1.82) is 0 Å². The number of hydrogen-bond acceptors (Lipinski definition) is 4. The van der Waals surface area contributed by atoms with Crippen LogP contribution in [0.3, 0.4) is 0 Å². The van der Waals surface area contributed by atoms with Gasteiger partial charge in [-0.1, -0.05) is 0 Å². The fraction of sp³-hybridized carbons (Fsp3) is 0.923. The highest BCUT2D eigenvalue weighted by Gasteiger charge is 2.24. The topological polar surface area (TPSA) is 50.8 Å². The molecule has 0 aromatic rings. The standard InChI is InChI=1S/C13H24N2O3/c1-2-15(8-11-3-5-17-9-11)13(16)7-12-10-18-6-4-14-12/h11-12,14H,2-10H2,1H3. The number of nitrogens with zero attached hydrogens (tertiary/aromatic N) is 1. The quantitative estimate of drug-likeness (QED) is 0.766. The normalized spacial score (nSPS) is 28.3. The molecule has 1 N–H and O–H groups in total. The molecule has 2 unspecified atom stereocenters. The van der Waals surface area contributed by atoms with Gasteiger partial charge >= 0.3 is 0 Å². The molecule has 0 aromatic heterocycles. The monoisotopic (exact) mass is 256 g/mol. The van der Waals surface area contributed by atoms with Crippen molar-refractivity contribution < 1.29 is 14.3 Å². The van der Waals surface area contributed by atoms with E-state index in [1.54, 1.807) is 0 Å². The van der Waals surface area contributed by atoms with Gasteiger partial charge in [0.2, 0.25) is 5.91 Å². The SMILES string of the molecule is CCN(CC1CCOC1)C(=O)CC1COCCN1. The van der Waals surface area contributed by atoms with Gasteiger partial charge < -0.3 is 19.7 Å². The maximum atomic E-state index is 12.2. The van der Waals surface area contributed by atoms with Gasteiger partial charge in [-0.25, -0.2) is 0 Å². The first-order valence-corrected chi connectivity index (χ1v) is 6.96. The Kier molecular flexibility index (Phi) is 5.41. The largest absolute Gasteiger partial charge is 0.381 e. The maximum absolute atomic E-state index is 12.2. The van der Waals surface area contributed by atoms with Crippen LogP contribution in [0.1, 0.15) is 19.8 Å². The summed E-state index contributed by atoms with van der Waals surface area (Å²) in [6.45, 7) is 7.55. The van der Waals surface area contributed by atoms with Gasteiger partial charge in [0.1, 0.15) is 0 Å². The van der Waals surface area contributed by atoms with E-state index in [1.165, 1.54) is 0 Å². The van der Waals surface area contributed by atoms with Gasteiger partial charge in [0, 0.05) is 44.6 Å². The van der Waals surface area contributed by atoms with Crippen molar-refractivity contribution in [2.45, 2.75) is 25.8 Å². The van der Waals surface area contributed by atoms with Crippen LogP contribution in [0.4, 0.5) is 0 Å². The number of ether oxygens (including phenoxy) is 2. The average Bonchev–Trinajstić information content (AvgIpc) is 2.90. The minimum absolute atomic E-state index is 0.181. The van der Waals surface area contributed by atoms with E-state index >= 15 is 0 Å². The molecule has 2 aliphatic heterocycles. The Morgan fingerprint density at radius 2 is 2.17 bits per heavy atom. The highest BCUT2D eigenvalue weighted by molar-refractivity contribution is 5.76. The number of rotatable bonds is 5. The predicted molar refractivity (Wildman–Crippen MR) is 68.4 cm³/mol. The summed E-state index contributed by atoms with van der Waals surface area (Å²) in [6, 6.07) is 0.181. The van der Waals surface area contributed by atoms with E-state index < -0.39 is 0 Å². The molecular weight excluding hydrogens is 232 g/mol. The van der Waals surface area contributed by atoms with Crippen molar-refractivity contribution >= 4 is 5.91 Å². The molecule has 0 spiro atoms. The summed E-state index contributed by atoms with van der Waals surface area (Å²) in [4.78, 5) is 14.2. The van der Waals surface area contributed by atoms with Gasteiger partial charge in [-0.3, -0.25) is 4.79 Å². The third kappa shape index (κ3) is 3.93. The molecule has 2 saturated heterocycles. The van der Waals surface area contributed by atoms with Crippen molar-refractivity contribution in [2.24, 2.45) is 5.92 Å². The fourth-order valence-corrected chi connectivity index (χ4v) is 2.54. The molecule has 0 saturated carbocycles. The molecule has 2 atom stereocenters. The molecule has 0 aliphatic carbocycles. The van der Waals surface area contributed by atoms with Crippen molar-refractivity contribution in [3.63, 3.8) is 0 Å². The van der Waals surface area contributed by atoms with Gasteiger partial charge in [-0.05, 0) is 13.3 Å². The summed E-state index contributed by atoms with van der Waals surface area (Å²) in [7, 11) is 0. The first-order chi connectivity index (χ1) is 8.79. The van der Waals surface area contributed by atoms with Crippen molar-refractivity contribution in [3.8, 4) is 0 Å². The number of nitrogens with one attached hydrogen (secondary N) is 1. The molecule has 0 radical (unpaired) electrons. The molecule has 1 amide bonds. The second kappa shape index (κ2) is 7.07. The molecule has 2 fully saturated rings. The molecule has 2 rings (SSSR count). The van der Waals surface area contributed by atoms with Crippen LogP contribution in [0, 0.1) is 5.92 Å². The van der Waals surface area contributed by atoms with E-state index in [4.69, 9.17) is 9.47 Å². The van der Waals surface area contributed by atoms with E-state index in [-0.39, 0.29) is 11.9 Å². The van der Waals surface area contributed by atoms with Gasteiger partial charge in [-0.15, -0.1) is 0 Å². The van der Waals surface area contributed by atoms with Gasteiger partial charge in [-0.2, -0.15) is 0 Å². The zero-order valence-corrected chi connectivity index (χ0v) is 11.2. The molecule has 18 heavy (non-hydrogen) atoms. The molecule has 2 aliphatic rings. The lowest BCUT2D eigenvalue weighted by molar-refractivity contribution is -0.132. The smallest absolute Gasteiger partial charge is 0.224 e. The van der Waals surface area contributed by atoms with E-state index in [2.05, 4.69) is 5.32 Å². The second-order valence-corrected chi connectivity index (χ2v) is 5.09. The van der Waals surface area contributed by atoms with E-state index in [0.717, 1.165) is 45.9 Å². The third-order valence-corrected chi connectivity index (χ3v) is 3.66. The summed E-state index contributed by atoms with van der Waals surface area (Å²) >= 11 is 0. The van der Waals surface area contributed by atoms with Crippen LogP contribution in [-0.2, 0) is 14.3 Å². The fourth-order valence-electron chi connectivity index (χ4n) is 2.54. The lowest BCUT2D eigenvalue weighted by atomic mass is 10.1. The highest BCUT2D eigenvalue weighted by Crippen LogP contribution is 2.15. The van der Waals surface area contributed by atoms with Gasteiger partial charge in [0.25, 0.3) is 0 Å². The summed E-state index contributed by atoms with van der Waals surface area (Å²) < 4.78 is 10.7. The zero-order chi connectivity index (χ0) is 12.8. The van der Waals surface area contributed by atoms with Crippen molar-refractivity contribution in [2.75, 3.05) is 46.1 Å². The van der Waals surface area contributed by atoms with Gasteiger partial charge in [0.15, 0.2) is 0 Å².